The van der Waals surface area contributed by atoms with Crippen LogP contribution in [0.1, 0.15) is 28.3 Å². The van der Waals surface area contributed by atoms with Crippen molar-refractivity contribution in [1.29, 1.82) is 0 Å². The van der Waals surface area contributed by atoms with Crippen LogP contribution in [0.5, 0.6) is 0 Å². The number of aryl methyl sites for hydroxylation is 1. The van der Waals surface area contributed by atoms with E-state index in [4.69, 9.17) is 11.6 Å². The molecule has 0 atom stereocenters. The Labute approximate surface area is 170 Å². The predicted molar refractivity (Wildman–Crippen MR) is 115 cm³/mol. The number of thiazole rings is 1. The second-order valence-electron chi connectivity index (χ2n) is 6.98. The molecule has 7 heteroatoms. The molecule has 0 radical (unpaired) electrons. The highest BCUT2D eigenvalue weighted by molar-refractivity contribution is 7.11. The molecular weight excluding hydrogens is 378 g/mol. The fourth-order valence-electron chi connectivity index (χ4n) is 3.32. The molecule has 0 bridgehead atoms. The van der Waals surface area contributed by atoms with Crippen LogP contribution >= 0.6 is 22.9 Å². The minimum absolute atomic E-state index is 0.674. The molecule has 0 aliphatic carbocycles. The van der Waals surface area contributed by atoms with Gasteiger partial charge in [-0.15, -0.1) is 11.3 Å². The van der Waals surface area contributed by atoms with Crippen LogP contribution in [0.15, 0.2) is 35.5 Å². The number of piperidine rings is 1. The maximum Gasteiger partial charge on any atom is 0.191 e. The topological polar surface area (TPSA) is 52.6 Å². The third kappa shape index (κ3) is 6.19. The molecule has 27 heavy (non-hydrogen) atoms. The zero-order chi connectivity index (χ0) is 19.1. The first-order valence-electron chi connectivity index (χ1n) is 9.45. The Morgan fingerprint density at radius 2 is 2.07 bits per heavy atom. The van der Waals surface area contributed by atoms with E-state index in [1.807, 2.05) is 25.4 Å². The van der Waals surface area contributed by atoms with Gasteiger partial charge in [0, 0.05) is 36.2 Å². The molecule has 146 valence electrons. The van der Waals surface area contributed by atoms with Gasteiger partial charge < -0.3 is 10.6 Å². The van der Waals surface area contributed by atoms with Gasteiger partial charge in [0.15, 0.2) is 5.96 Å². The van der Waals surface area contributed by atoms with Crippen LogP contribution < -0.4 is 10.6 Å². The molecule has 1 aliphatic heterocycles. The molecule has 0 saturated carbocycles. The van der Waals surface area contributed by atoms with Crippen LogP contribution in [0, 0.1) is 12.8 Å². The molecule has 1 fully saturated rings. The Morgan fingerprint density at radius 3 is 2.74 bits per heavy atom. The molecule has 2 N–H and O–H groups in total. The minimum atomic E-state index is 0.674. The van der Waals surface area contributed by atoms with Crippen molar-refractivity contribution in [3.05, 3.63) is 50.9 Å². The van der Waals surface area contributed by atoms with E-state index in [9.17, 15) is 0 Å². The number of hydrogen-bond donors (Lipinski definition) is 2. The summed E-state index contributed by atoms with van der Waals surface area (Å²) in [6.45, 7) is 6.91. The summed E-state index contributed by atoms with van der Waals surface area (Å²) in [6.07, 6.45) is 4.30. The Balaban J connectivity index is 1.37. The first kappa shape index (κ1) is 20.1. The molecule has 0 amide bonds. The Kier molecular flexibility index (Phi) is 7.50. The third-order valence-electron chi connectivity index (χ3n) is 4.92. The highest BCUT2D eigenvalue weighted by atomic mass is 35.5. The summed E-state index contributed by atoms with van der Waals surface area (Å²) in [6, 6.07) is 8.14. The number of likely N-dealkylation sites (tertiary alicyclic amines) is 1. The van der Waals surface area contributed by atoms with Crippen molar-refractivity contribution in [2.75, 3.05) is 26.7 Å². The molecule has 1 aromatic carbocycles. The lowest BCUT2D eigenvalue weighted by Gasteiger charge is -2.32. The summed E-state index contributed by atoms with van der Waals surface area (Å²) in [7, 11) is 1.81. The van der Waals surface area contributed by atoms with Gasteiger partial charge in [-0.2, -0.15) is 0 Å². The first-order chi connectivity index (χ1) is 13.1. The molecule has 3 rings (SSSR count). The van der Waals surface area contributed by atoms with E-state index in [2.05, 4.69) is 44.6 Å². The van der Waals surface area contributed by atoms with Gasteiger partial charge in [0.1, 0.15) is 5.01 Å². The van der Waals surface area contributed by atoms with E-state index in [0.717, 1.165) is 42.2 Å². The van der Waals surface area contributed by atoms with Gasteiger partial charge in [0.25, 0.3) is 0 Å². The van der Waals surface area contributed by atoms with Gasteiger partial charge >= 0.3 is 0 Å². The molecule has 2 aromatic rings. The number of guanidine groups is 1. The standard InChI is InChI=1S/C20H28ClN5S/c1-15-11-23-19(27-15)13-25-20(22-2)24-12-16-7-9-26(10-8-16)14-17-5-3-4-6-18(17)21/h3-6,11,16H,7-10,12-14H2,1-2H3,(H2,22,24,25). The number of nitrogens with zero attached hydrogens (tertiary/aromatic N) is 3. The fourth-order valence-corrected chi connectivity index (χ4v) is 4.24. The van der Waals surface area contributed by atoms with Crippen LogP contribution in [0.25, 0.3) is 0 Å². The number of aromatic nitrogens is 1. The lowest BCUT2D eigenvalue weighted by Crippen LogP contribution is -2.42. The molecule has 1 saturated heterocycles. The SMILES string of the molecule is CN=C(NCc1ncc(C)s1)NCC1CCN(Cc2ccccc2Cl)CC1. The van der Waals surface area contributed by atoms with Crippen LogP contribution in [-0.4, -0.2) is 42.5 Å². The molecule has 1 aliphatic rings. The van der Waals surface area contributed by atoms with Crippen molar-refractivity contribution in [1.82, 2.24) is 20.5 Å². The zero-order valence-electron chi connectivity index (χ0n) is 16.0. The maximum absolute atomic E-state index is 6.29. The lowest BCUT2D eigenvalue weighted by atomic mass is 9.96. The van der Waals surface area contributed by atoms with E-state index in [1.165, 1.54) is 23.3 Å². The van der Waals surface area contributed by atoms with E-state index >= 15 is 0 Å². The smallest absolute Gasteiger partial charge is 0.191 e. The Hall–Kier alpha value is -1.63. The summed E-state index contributed by atoms with van der Waals surface area (Å²) in [5.41, 5.74) is 1.22. The minimum Gasteiger partial charge on any atom is -0.356 e. The van der Waals surface area contributed by atoms with Gasteiger partial charge in [0.2, 0.25) is 0 Å². The number of benzene rings is 1. The van der Waals surface area contributed by atoms with E-state index in [0.29, 0.717) is 12.5 Å². The van der Waals surface area contributed by atoms with E-state index in [1.54, 1.807) is 11.3 Å². The van der Waals surface area contributed by atoms with E-state index < -0.39 is 0 Å². The van der Waals surface area contributed by atoms with Gasteiger partial charge in [-0.3, -0.25) is 9.89 Å². The first-order valence-corrected chi connectivity index (χ1v) is 10.6. The normalized spacial score (nSPS) is 16.5. The Bertz CT molecular complexity index is 752. The average molecular weight is 406 g/mol. The van der Waals surface area contributed by atoms with Crippen molar-refractivity contribution in [3.63, 3.8) is 0 Å². The Morgan fingerprint density at radius 1 is 1.30 bits per heavy atom. The second-order valence-corrected chi connectivity index (χ2v) is 8.71. The highest BCUT2D eigenvalue weighted by Crippen LogP contribution is 2.22. The van der Waals surface area contributed by atoms with Crippen molar-refractivity contribution >= 4 is 28.9 Å². The number of nitrogens with one attached hydrogen (secondary N) is 2. The van der Waals surface area contributed by atoms with Gasteiger partial charge in [0.05, 0.1) is 6.54 Å². The van der Waals surface area contributed by atoms with Gasteiger partial charge in [-0.05, 0) is 50.4 Å². The lowest BCUT2D eigenvalue weighted by molar-refractivity contribution is 0.178. The molecule has 0 spiro atoms. The number of aliphatic imine (C=N–C) groups is 1. The summed E-state index contributed by atoms with van der Waals surface area (Å²) < 4.78 is 0. The monoisotopic (exact) mass is 405 g/mol. The van der Waals surface area contributed by atoms with E-state index in [-0.39, 0.29) is 0 Å². The summed E-state index contributed by atoms with van der Waals surface area (Å²) in [5, 5.41) is 8.77. The largest absolute Gasteiger partial charge is 0.356 e. The van der Waals surface area contributed by atoms with Crippen molar-refractivity contribution in [3.8, 4) is 0 Å². The number of rotatable bonds is 6. The highest BCUT2D eigenvalue weighted by Gasteiger charge is 2.20. The third-order valence-corrected chi connectivity index (χ3v) is 6.20. The van der Waals surface area contributed by atoms with Crippen LogP contribution in [0.2, 0.25) is 5.02 Å². The molecule has 1 aromatic heterocycles. The molecule has 0 unspecified atom stereocenters. The number of halogens is 1. The summed E-state index contributed by atoms with van der Waals surface area (Å²) in [4.78, 5) is 12.4. The molecule has 5 nitrogen and oxygen atoms in total. The van der Waals surface area contributed by atoms with Crippen LogP contribution in [-0.2, 0) is 13.1 Å². The molecular formula is C20H28ClN5S. The maximum atomic E-state index is 6.29. The van der Waals surface area contributed by atoms with Crippen molar-refractivity contribution in [2.45, 2.75) is 32.9 Å². The van der Waals surface area contributed by atoms with Gasteiger partial charge in [-0.25, -0.2) is 4.98 Å². The quantitative estimate of drug-likeness (QED) is 0.568. The average Bonchev–Trinajstić information content (AvgIpc) is 3.10. The van der Waals surface area contributed by atoms with Crippen molar-refractivity contribution in [2.24, 2.45) is 10.9 Å². The fraction of sp³-hybridized carbons (Fsp3) is 0.500. The number of hydrogen-bond acceptors (Lipinski definition) is 4. The van der Waals surface area contributed by atoms with Crippen molar-refractivity contribution < 1.29 is 0 Å². The van der Waals surface area contributed by atoms with Gasteiger partial charge in [-0.1, -0.05) is 29.8 Å². The summed E-state index contributed by atoms with van der Waals surface area (Å²) in [5.74, 6) is 1.52. The summed E-state index contributed by atoms with van der Waals surface area (Å²) >= 11 is 8.00. The zero-order valence-corrected chi connectivity index (χ0v) is 17.6. The van der Waals surface area contributed by atoms with Crippen LogP contribution in [0.3, 0.4) is 0 Å². The predicted octanol–water partition coefficient (Wildman–Crippen LogP) is 3.68. The second kappa shape index (κ2) is 10.1. The molecule has 2 heterocycles. The van der Waals surface area contributed by atoms with Crippen LogP contribution in [0.4, 0.5) is 0 Å².